The summed E-state index contributed by atoms with van der Waals surface area (Å²) in [6.45, 7) is 7.64. The van der Waals surface area contributed by atoms with Crippen molar-refractivity contribution < 1.29 is 14.3 Å². The molecule has 0 aromatic heterocycles. The standard InChI is InChI=1S/C17H26N2O3/c1-4-13-9-7-10-14(5-2)15(13)19-17(21)16(20)18-11-8-12-22-6-3/h7,9-10H,4-6,8,11-12H2,1-3H3,(H,18,20)(H,19,21). The van der Waals surface area contributed by atoms with E-state index in [2.05, 4.69) is 10.6 Å². The molecule has 1 rings (SSSR count). The first-order valence-electron chi connectivity index (χ1n) is 7.91. The van der Waals surface area contributed by atoms with Crippen LogP contribution in [0.2, 0.25) is 0 Å². The van der Waals surface area contributed by atoms with Crippen LogP contribution in [-0.4, -0.2) is 31.6 Å². The second-order valence-corrected chi connectivity index (χ2v) is 4.92. The molecule has 0 saturated heterocycles. The summed E-state index contributed by atoms with van der Waals surface area (Å²) in [6.07, 6.45) is 2.30. The van der Waals surface area contributed by atoms with Crippen molar-refractivity contribution in [3.05, 3.63) is 29.3 Å². The number of anilines is 1. The average molecular weight is 306 g/mol. The molecule has 122 valence electrons. The number of rotatable bonds is 8. The average Bonchev–Trinajstić information content (AvgIpc) is 2.54. The van der Waals surface area contributed by atoms with E-state index in [0.29, 0.717) is 26.2 Å². The molecular formula is C17H26N2O3. The van der Waals surface area contributed by atoms with Crippen molar-refractivity contribution in [3.63, 3.8) is 0 Å². The molecule has 0 saturated carbocycles. The molecule has 0 radical (unpaired) electrons. The maximum absolute atomic E-state index is 12.0. The van der Waals surface area contributed by atoms with E-state index < -0.39 is 11.8 Å². The zero-order chi connectivity index (χ0) is 16.4. The molecule has 1 aromatic rings. The minimum absolute atomic E-state index is 0.433. The molecule has 0 fully saturated rings. The fraction of sp³-hybridized carbons (Fsp3) is 0.529. The predicted octanol–water partition coefficient (Wildman–Crippen LogP) is 2.29. The van der Waals surface area contributed by atoms with Crippen LogP contribution in [-0.2, 0) is 27.2 Å². The van der Waals surface area contributed by atoms with E-state index in [1.807, 2.05) is 39.0 Å². The zero-order valence-corrected chi connectivity index (χ0v) is 13.7. The highest BCUT2D eigenvalue weighted by Crippen LogP contribution is 2.22. The van der Waals surface area contributed by atoms with Crippen molar-refractivity contribution in [3.8, 4) is 0 Å². The van der Waals surface area contributed by atoms with Crippen molar-refractivity contribution in [2.24, 2.45) is 0 Å². The van der Waals surface area contributed by atoms with E-state index >= 15 is 0 Å². The summed E-state index contributed by atoms with van der Waals surface area (Å²) in [6, 6.07) is 5.91. The van der Waals surface area contributed by atoms with Crippen LogP contribution in [0.1, 0.15) is 38.3 Å². The van der Waals surface area contributed by atoms with E-state index in [-0.39, 0.29) is 0 Å². The molecule has 0 heterocycles. The van der Waals surface area contributed by atoms with E-state index in [1.54, 1.807) is 0 Å². The van der Waals surface area contributed by atoms with Crippen LogP contribution >= 0.6 is 0 Å². The highest BCUT2D eigenvalue weighted by molar-refractivity contribution is 6.39. The third-order valence-electron chi connectivity index (χ3n) is 3.40. The number of benzene rings is 1. The number of amides is 2. The number of ether oxygens (including phenoxy) is 1. The summed E-state index contributed by atoms with van der Waals surface area (Å²) in [7, 11) is 0. The second kappa shape index (κ2) is 9.95. The highest BCUT2D eigenvalue weighted by Gasteiger charge is 2.16. The molecule has 22 heavy (non-hydrogen) atoms. The van der Waals surface area contributed by atoms with Crippen LogP contribution in [0.3, 0.4) is 0 Å². The SMILES string of the molecule is CCOCCCNC(=O)C(=O)Nc1c(CC)cccc1CC. The van der Waals surface area contributed by atoms with Gasteiger partial charge in [0.05, 0.1) is 0 Å². The van der Waals surface area contributed by atoms with E-state index in [1.165, 1.54) is 0 Å². The van der Waals surface area contributed by atoms with Gasteiger partial charge in [-0.15, -0.1) is 0 Å². The molecule has 2 N–H and O–H groups in total. The van der Waals surface area contributed by atoms with Crippen LogP contribution in [0.5, 0.6) is 0 Å². The van der Waals surface area contributed by atoms with Gasteiger partial charge in [0.1, 0.15) is 0 Å². The van der Waals surface area contributed by atoms with Crippen LogP contribution in [0.4, 0.5) is 5.69 Å². The zero-order valence-electron chi connectivity index (χ0n) is 13.7. The van der Waals surface area contributed by atoms with Crippen molar-refractivity contribution in [1.29, 1.82) is 0 Å². The number of nitrogens with one attached hydrogen (secondary N) is 2. The number of para-hydroxylation sites is 1. The molecule has 0 bridgehead atoms. The first-order valence-corrected chi connectivity index (χ1v) is 7.91. The minimum Gasteiger partial charge on any atom is -0.382 e. The van der Waals surface area contributed by atoms with Gasteiger partial charge in [-0.1, -0.05) is 32.0 Å². The van der Waals surface area contributed by atoms with Crippen LogP contribution in [0, 0.1) is 0 Å². The topological polar surface area (TPSA) is 67.4 Å². The third-order valence-corrected chi connectivity index (χ3v) is 3.40. The van der Waals surface area contributed by atoms with E-state index in [9.17, 15) is 9.59 Å². The molecule has 0 atom stereocenters. The summed E-state index contributed by atoms with van der Waals surface area (Å²) in [5.41, 5.74) is 2.84. The van der Waals surface area contributed by atoms with Crippen molar-refractivity contribution in [2.45, 2.75) is 40.0 Å². The van der Waals surface area contributed by atoms with Gasteiger partial charge in [0.2, 0.25) is 0 Å². The monoisotopic (exact) mass is 306 g/mol. The van der Waals surface area contributed by atoms with Gasteiger partial charge < -0.3 is 15.4 Å². The Morgan fingerprint density at radius 2 is 1.68 bits per heavy atom. The number of carbonyl (C=O) groups excluding carboxylic acids is 2. The number of hydrogen-bond donors (Lipinski definition) is 2. The summed E-state index contributed by atoms with van der Waals surface area (Å²) < 4.78 is 5.18. The minimum atomic E-state index is -0.619. The van der Waals surface area contributed by atoms with Crippen LogP contribution in [0.25, 0.3) is 0 Å². The molecular weight excluding hydrogens is 280 g/mol. The smallest absolute Gasteiger partial charge is 0.313 e. The maximum Gasteiger partial charge on any atom is 0.313 e. The van der Waals surface area contributed by atoms with E-state index in [4.69, 9.17) is 4.74 Å². The number of carbonyl (C=O) groups is 2. The van der Waals surface area contributed by atoms with Gasteiger partial charge in [-0.2, -0.15) is 0 Å². The van der Waals surface area contributed by atoms with Gasteiger partial charge in [0.15, 0.2) is 0 Å². The summed E-state index contributed by atoms with van der Waals surface area (Å²) in [5.74, 6) is -1.23. The van der Waals surface area contributed by atoms with Crippen molar-refractivity contribution >= 4 is 17.5 Å². The highest BCUT2D eigenvalue weighted by atomic mass is 16.5. The second-order valence-electron chi connectivity index (χ2n) is 4.92. The molecule has 0 spiro atoms. The normalized spacial score (nSPS) is 10.3. The van der Waals surface area contributed by atoms with Crippen LogP contribution < -0.4 is 10.6 Å². The third kappa shape index (κ3) is 5.48. The molecule has 0 aliphatic heterocycles. The summed E-state index contributed by atoms with van der Waals surface area (Å²) in [5, 5.41) is 5.36. The molecule has 0 aliphatic rings. The molecule has 5 nitrogen and oxygen atoms in total. The Morgan fingerprint density at radius 3 is 2.23 bits per heavy atom. The molecule has 0 unspecified atom stereocenters. The number of hydrogen-bond acceptors (Lipinski definition) is 3. The molecule has 0 aliphatic carbocycles. The lowest BCUT2D eigenvalue weighted by molar-refractivity contribution is -0.136. The lowest BCUT2D eigenvalue weighted by Gasteiger charge is -2.14. The maximum atomic E-state index is 12.0. The number of aryl methyl sites for hydroxylation is 2. The quantitative estimate of drug-likeness (QED) is 0.572. The van der Waals surface area contributed by atoms with E-state index in [0.717, 1.165) is 29.7 Å². The Balaban J connectivity index is 2.59. The van der Waals surface area contributed by atoms with Crippen molar-refractivity contribution in [2.75, 3.05) is 25.1 Å². The van der Waals surface area contributed by atoms with Gasteiger partial charge in [-0.05, 0) is 37.3 Å². The first-order chi connectivity index (χ1) is 10.6. The molecule has 5 heteroatoms. The Hall–Kier alpha value is -1.88. The van der Waals surface area contributed by atoms with Crippen molar-refractivity contribution in [1.82, 2.24) is 5.32 Å². The largest absolute Gasteiger partial charge is 0.382 e. The fourth-order valence-electron chi connectivity index (χ4n) is 2.17. The Kier molecular flexibility index (Phi) is 8.22. The van der Waals surface area contributed by atoms with Gasteiger partial charge in [-0.25, -0.2) is 0 Å². The van der Waals surface area contributed by atoms with Gasteiger partial charge in [0.25, 0.3) is 0 Å². The summed E-state index contributed by atoms with van der Waals surface area (Å²) in [4.78, 5) is 23.8. The first kappa shape index (κ1) is 18.2. The Bertz CT molecular complexity index is 478. The summed E-state index contributed by atoms with van der Waals surface area (Å²) >= 11 is 0. The fourth-order valence-corrected chi connectivity index (χ4v) is 2.17. The molecule has 1 aromatic carbocycles. The Labute approximate surface area is 132 Å². The van der Waals surface area contributed by atoms with Gasteiger partial charge in [-0.3, -0.25) is 9.59 Å². The predicted molar refractivity (Wildman–Crippen MR) is 87.9 cm³/mol. The van der Waals surface area contributed by atoms with Crippen LogP contribution in [0.15, 0.2) is 18.2 Å². The Morgan fingerprint density at radius 1 is 1.05 bits per heavy atom. The molecule has 2 amide bonds. The lowest BCUT2D eigenvalue weighted by Crippen LogP contribution is -2.36. The van der Waals surface area contributed by atoms with Gasteiger partial charge >= 0.3 is 11.8 Å². The van der Waals surface area contributed by atoms with Gasteiger partial charge in [0, 0.05) is 25.4 Å². The lowest BCUT2D eigenvalue weighted by atomic mass is 10.0.